The van der Waals surface area contributed by atoms with Crippen molar-refractivity contribution in [3.8, 4) is 0 Å². The number of benzene rings is 1. The fourth-order valence-electron chi connectivity index (χ4n) is 3.07. The summed E-state index contributed by atoms with van der Waals surface area (Å²) < 4.78 is 17.1. The topological polar surface area (TPSA) is 43.0 Å². The molecule has 1 N–H and O–H groups in total. The van der Waals surface area contributed by atoms with Crippen molar-refractivity contribution in [2.45, 2.75) is 45.1 Å². The van der Waals surface area contributed by atoms with Crippen LogP contribution in [0.25, 0.3) is 0 Å². The third-order valence-corrected chi connectivity index (χ3v) is 4.13. The Morgan fingerprint density at radius 1 is 1.17 bits per heavy atom. The van der Waals surface area contributed by atoms with Gasteiger partial charge in [0.1, 0.15) is 0 Å². The highest BCUT2D eigenvalue weighted by molar-refractivity contribution is 5.19. The molecule has 1 aliphatic heterocycles. The summed E-state index contributed by atoms with van der Waals surface area (Å²) in [6, 6.07) is 10.7. The average molecular weight is 322 g/mol. The highest BCUT2D eigenvalue weighted by Crippen LogP contribution is 2.24. The highest BCUT2D eigenvalue weighted by Gasteiger charge is 2.31. The van der Waals surface area contributed by atoms with Crippen molar-refractivity contribution in [3.05, 3.63) is 35.9 Å². The second-order valence-electron chi connectivity index (χ2n) is 5.74. The van der Waals surface area contributed by atoms with Crippen LogP contribution in [0.15, 0.2) is 30.3 Å². The van der Waals surface area contributed by atoms with E-state index in [0.29, 0.717) is 19.3 Å². The molecule has 2 rings (SSSR count). The zero-order valence-electron chi connectivity index (χ0n) is 14.5. The molecule has 1 aromatic carbocycles. The fourth-order valence-corrected chi connectivity index (χ4v) is 3.07. The monoisotopic (exact) mass is 322 g/mol. The van der Waals surface area contributed by atoms with Crippen molar-refractivity contribution in [2.75, 3.05) is 33.5 Å². The van der Waals surface area contributed by atoms with E-state index in [4.69, 9.17) is 14.2 Å². The molecule has 0 saturated carbocycles. The molecule has 5 heteroatoms. The molecule has 1 fully saturated rings. The Balaban J connectivity index is 2.15. The van der Waals surface area contributed by atoms with Crippen molar-refractivity contribution in [3.63, 3.8) is 0 Å². The first kappa shape index (κ1) is 18.4. The van der Waals surface area contributed by atoms with Gasteiger partial charge in [0.15, 0.2) is 6.29 Å². The predicted molar refractivity (Wildman–Crippen MR) is 91.0 cm³/mol. The molecule has 23 heavy (non-hydrogen) atoms. The Kier molecular flexibility index (Phi) is 7.99. The van der Waals surface area contributed by atoms with Gasteiger partial charge in [0.25, 0.3) is 0 Å². The molecule has 2 atom stereocenters. The zero-order chi connectivity index (χ0) is 16.5. The van der Waals surface area contributed by atoms with E-state index in [-0.39, 0.29) is 12.3 Å². The lowest BCUT2D eigenvalue weighted by Gasteiger charge is -2.34. The summed E-state index contributed by atoms with van der Waals surface area (Å²) in [5.74, 6) is 0. The molecule has 0 aliphatic carbocycles. The number of nitrogens with zero attached hydrogens (tertiary/aromatic N) is 1. The van der Waals surface area contributed by atoms with E-state index >= 15 is 0 Å². The van der Waals surface area contributed by atoms with Crippen molar-refractivity contribution in [1.82, 2.24) is 10.4 Å². The van der Waals surface area contributed by atoms with E-state index in [9.17, 15) is 0 Å². The van der Waals surface area contributed by atoms with Gasteiger partial charge < -0.3 is 14.2 Å². The van der Waals surface area contributed by atoms with Crippen LogP contribution in [-0.4, -0.2) is 50.8 Å². The summed E-state index contributed by atoms with van der Waals surface area (Å²) in [7, 11) is 1.76. The number of hydrogen-bond donors (Lipinski definition) is 1. The summed E-state index contributed by atoms with van der Waals surface area (Å²) in [5.41, 5.74) is 4.81. The van der Waals surface area contributed by atoms with Crippen LogP contribution in [0.3, 0.4) is 0 Å². The van der Waals surface area contributed by atoms with Gasteiger partial charge >= 0.3 is 0 Å². The van der Waals surface area contributed by atoms with Gasteiger partial charge in [-0.2, -0.15) is 0 Å². The van der Waals surface area contributed by atoms with Gasteiger partial charge in [0, 0.05) is 32.9 Å². The number of rotatable bonds is 10. The van der Waals surface area contributed by atoms with Gasteiger partial charge in [0.2, 0.25) is 0 Å². The van der Waals surface area contributed by atoms with E-state index in [1.54, 1.807) is 7.11 Å². The third-order valence-electron chi connectivity index (χ3n) is 4.13. The minimum atomic E-state index is -0.309. The van der Waals surface area contributed by atoms with Crippen LogP contribution in [0.2, 0.25) is 0 Å². The minimum Gasteiger partial charge on any atom is -0.383 e. The Hall–Kier alpha value is -0.980. The molecule has 130 valence electrons. The largest absolute Gasteiger partial charge is 0.383 e. The molecule has 0 unspecified atom stereocenters. The molecule has 1 aromatic rings. The van der Waals surface area contributed by atoms with E-state index < -0.39 is 0 Å². The van der Waals surface area contributed by atoms with Gasteiger partial charge in [-0.25, -0.2) is 10.4 Å². The van der Waals surface area contributed by atoms with Crippen LogP contribution < -0.4 is 5.43 Å². The van der Waals surface area contributed by atoms with E-state index in [0.717, 1.165) is 19.6 Å². The van der Waals surface area contributed by atoms with Crippen LogP contribution in [0.5, 0.6) is 0 Å². The lowest BCUT2D eigenvalue weighted by molar-refractivity contribution is -0.165. The van der Waals surface area contributed by atoms with Crippen LogP contribution in [0.4, 0.5) is 0 Å². The lowest BCUT2D eigenvalue weighted by Crippen LogP contribution is -2.49. The number of nitrogens with one attached hydrogen (secondary N) is 1. The molecule has 0 radical (unpaired) electrons. The van der Waals surface area contributed by atoms with Gasteiger partial charge in [-0.1, -0.05) is 30.3 Å². The summed E-state index contributed by atoms with van der Waals surface area (Å²) >= 11 is 0. The molecule has 1 aliphatic rings. The summed E-state index contributed by atoms with van der Waals surface area (Å²) in [6.07, 6.45) is 2.02. The highest BCUT2D eigenvalue weighted by atomic mass is 16.7. The molecular formula is C18H30N2O3. The average Bonchev–Trinajstić information content (AvgIpc) is 3.01. The second kappa shape index (κ2) is 10.0. The number of methoxy groups -OCH3 is 1. The Morgan fingerprint density at radius 3 is 2.48 bits per heavy atom. The maximum Gasteiger partial charge on any atom is 0.178 e. The van der Waals surface area contributed by atoms with Crippen LogP contribution >= 0.6 is 0 Å². The number of hydrogen-bond acceptors (Lipinski definition) is 5. The Labute approximate surface area is 139 Å². The summed E-state index contributed by atoms with van der Waals surface area (Å²) in [5, 5.41) is 2.28. The molecule has 1 saturated heterocycles. The van der Waals surface area contributed by atoms with Crippen LogP contribution in [0.1, 0.15) is 38.3 Å². The quantitative estimate of drug-likeness (QED) is 0.671. The van der Waals surface area contributed by atoms with Crippen LogP contribution in [-0.2, 0) is 14.2 Å². The lowest BCUT2D eigenvalue weighted by atomic mass is 10.1. The first-order valence-electron chi connectivity index (χ1n) is 8.60. The molecule has 0 amide bonds. The van der Waals surface area contributed by atoms with E-state index in [1.807, 2.05) is 19.9 Å². The SMILES string of the molecule is CCOC(OCC)[C@H](NN1CCC[C@H]1COC)c1ccccc1. The Bertz CT molecular complexity index is 424. The van der Waals surface area contributed by atoms with Crippen molar-refractivity contribution in [1.29, 1.82) is 0 Å². The zero-order valence-corrected chi connectivity index (χ0v) is 14.5. The second-order valence-corrected chi connectivity index (χ2v) is 5.74. The Morgan fingerprint density at radius 2 is 1.87 bits per heavy atom. The molecule has 5 nitrogen and oxygen atoms in total. The van der Waals surface area contributed by atoms with Crippen molar-refractivity contribution >= 4 is 0 Å². The fraction of sp³-hybridized carbons (Fsp3) is 0.667. The van der Waals surface area contributed by atoms with Crippen LogP contribution in [0, 0.1) is 0 Å². The summed E-state index contributed by atoms with van der Waals surface area (Å²) in [4.78, 5) is 0. The van der Waals surface area contributed by atoms with Crippen molar-refractivity contribution in [2.24, 2.45) is 0 Å². The summed E-state index contributed by atoms with van der Waals surface area (Å²) in [6.45, 7) is 6.99. The van der Waals surface area contributed by atoms with Gasteiger partial charge in [0.05, 0.1) is 12.6 Å². The smallest absolute Gasteiger partial charge is 0.178 e. The maximum absolute atomic E-state index is 5.86. The van der Waals surface area contributed by atoms with E-state index in [1.165, 1.54) is 12.0 Å². The standard InChI is InChI=1S/C18H30N2O3/c1-4-22-18(23-5-2)17(15-10-7-6-8-11-15)19-20-13-9-12-16(20)14-21-3/h6-8,10-11,16-19H,4-5,9,12-14H2,1-3H3/t16-,17+/m0/s1. The van der Waals surface area contributed by atoms with Crippen molar-refractivity contribution < 1.29 is 14.2 Å². The van der Waals surface area contributed by atoms with E-state index in [2.05, 4.69) is 34.7 Å². The molecular weight excluding hydrogens is 292 g/mol. The number of hydrazine groups is 1. The molecule has 0 bridgehead atoms. The minimum absolute atomic E-state index is 0.0337. The molecule has 0 aromatic heterocycles. The molecule has 1 heterocycles. The number of ether oxygens (including phenoxy) is 3. The van der Waals surface area contributed by atoms with Gasteiger partial charge in [-0.05, 0) is 32.3 Å². The predicted octanol–water partition coefficient (Wildman–Crippen LogP) is 2.74. The first-order valence-corrected chi connectivity index (χ1v) is 8.60. The third kappa shape index (κ3) is 5.26. The van der Waals surface area contributed by atoms with Gasteiger partial charge in [-0.15, -0.1) is 0 Å². The normalized spacial score (nSPS) is 20.3. The maximum atomic E-state index is 5.86. The molecule has 0 spiro atoms. The first-order chi connectivity index (χ1) is 11.3. The van der Waals surface area contributed by atoms with Gasteiger partial charge in [-0.3, -0.25) is 0 Å².